The van der Waals surface area contributed by atoms with E-state index in [1.54, 1.807) is 18.2 Å². The van der Waals surface area contributed by atoms with Gasteiger partial charge in [0.15, 0.2) is 0 Å². The number of morpholine rings is 1. The van der Waals surface area contributed by atoms with Gasteiger partial charge >= 0.3 is 0 Å². The fraction of sp³-hybridized carbons (Fsp3) is 0.316. The quantitative estimate of drug-likeness (QED) is 0.860. The molecule has 1 aliphatic heterocycles. The van der Waals surface area contributed by atoms with Crippen molar-refractivity contribution in [2.24, 2.45) is 0 Å². The minimum Gasteiger partial charge on any atom is -0.379 e. The van der Waals surface area contributed by atoms with E-state index in [2.05, 4.69) is 10.2 Å². The van der Waals surface area contributed by atoms with Gasteiger partial charge in [-0.1, -0.05) is 53.5 Å². The molecule has 0 aliphatic carbocycles. The highest BCUT2D eigenvalue weighted by molar-refractivity contribution is 6.42. The monoisotopic (exact) mass is 378 g/mol. The van der Waals surface area contributed by atoms with Gasteiger partial charge in [0.05, 0.1) is 29.3 Å². The Morgan fingerprint density at radius 1 is 1.08 bits per heavy atom. The lowest BCUT2D eigenvalue weighted by molar-refractivity contribution is 0.0332. The van der Waals surface area contributed by atoms with Crippen molar-refractivity contribution in [1.82, 2.24) is 10.2 Å². The van der Waals surface area contributed by atoms with Crippen LogP contribution in [-0.2, 0) is 4.74 Å². The van der Waals surface area contributed by atoms with Crippen molar-refractivity contribution in [2.75, 3.05) is 32.8 Å². The van der Waals surface area contributed by atoms with E-state index in [1.807, 2.05) is 30.3 Å². The van der Waals surface area contributed by atoms with Gasteiger partial charge in [0.2, 0.25) is 0 Å². The first-order valence-electron chi connectivity index (χ1n) is 8.24. The summed E-state index contributed by atoms with van der Waals surface area (Å²) in [6.45, 7) is 3.92. The molecule has 1 N–H and O–H groups in total. The van der Waals surface area contributed by atoms with Gasteiger partial charge in [-0.05, 0) is 23.8 Å². The second kappa shape index (κ2) is 8.68. The van der Waals surface area contributed by atoms with E-state index in [4.69, 9.17) is 27.9 Å². The van der Waals surface area contributed by atoms with Gasteiger partial charge in [-0.25, -0.2) is 0 Å². The second-order valence-corrected chi connectivity index (χ2v) is 6.79. The molecule has 3 rings (SSSR count). The number of hydrogen-bond acceptors (Lipinski definition) is 3. The molecule has 6 heteroatoms. The predicted molar refractivity (Wildman–Crippen MR) is 100 cm³/mol. The number of halogens is 2. The highest BCUT2D eigenvalue weighted by Gasteiger charge is 2.21. The average Bonchev–Trinajstić information content (AvgIpc) is 2.65. The van der Waals surface area contributed by atoms with E-state index in [-0.39, 0.29) is 11.9 Å². The summed E-state index contributed by atoms with van der Waals surface area (Å²) < 4.78 is 5.41. The number of nitrogens with zero attached hydrogens (tertiary/aromatic N) is 1. The van der Waals surface area contributed by atoms with Crippen LogP contribution < -0.4 is 5.32 Å². The molecule has 2 aromatic carbocycles. The number of rotatable bonds is 5. The maximum absolute atomic E-state index is 12.7. The largest absolute Gasteiger partial charge is 0.379 e. The molecular formula is C19H20Cl2N2O2. The third-order valence-corrected chi connectivity index (χ3v) is 4.97. The van der Waals surface area contributed by atoms with E-state index in [1.165, 1.54) is 0 Å². The van der Waals surface area contributed by atoms with Gasteiger partial charge in [-0.15, -0.1) is 0 Å². The Bertz CT molecular complexity index is 719. The van der Waals surface area contributed by atoms with Crippen molar-refractivity contribution < 1.29 is 9.53 Å². The summed E-state index contributed by atoms with van der Waals surface area (Å²) in [7, 11) is 0. The normalized spacial score (nSPS) is 16.4. The molecule has 1 fully saturated rings. The molecule has 1 saturated heterocycles. The van der Waals surface area contributed by atoms with Crippen LogP contribution >= 0.6 is 23.2 Å². The molecule has 1 amide bonds. The number of hydrogen-bond donors (Lipinski definition) is 1. The molecule has 1 heterocycles. The molecule has 0 aromatic heterocycles. The maximum Gasteiger partial charge on any atom is 0.251 e. The number of carbonyl (C=O) groups is 1. The number of ether oxygens (including phenoxy) is 1. The van der Waals surface area contributed by atoms with Crippen LogP contribution in [0.25, 0.3) is 0 Å². The van der Waals surface area contributed by atoms with Gasteiger partial charge in [0, 0.05) is 25.2 Å². The smallest absolute Gasteiger partial charge is 0.251 e. The van der Waals surface area contributed by atoms with Crippen molar-refractivity contribution in [2.45, 2.75) is 6.04 Å². The zero-order valence-electron chi connectivity index (χ0n) is 13.8. The third kappa shape index (κ3) is 4.95. The summed E-state index contributed by atoms with van der Waals surface area (Å²) in [6, 6.07) is 14.8. The molecule has 1 atom stereocenters. The average molecular weight is 379 g/mol. The van der Waals surface area contributed by atoms with Crippen LogP contribution in [0.15, 0.2) is 48.5 Å². The standard InChI is InChI=1S/C19H20Cl2N2O2/c20-16-7-6-15(12-17(16)21)19(24)22-18(14-4-2-1-3-5-14)13-23-8-10-25-11-9-23/h1-7,12,18H,8-11,13H2,(H,22,24). The number of nitrogens with one attached hydrogen (secondary N) is 1. The third-order valence-electron chi connectivity index (χ3n) is 4.23. The van der Waals surface area contributed by atoms with Crippen LogP contribution in [-0.4, -0.2) is 43.7 Å². The van der Waals surface area contributed by atoms with Crippen LogP contribution in [0.5, 0.6) is 0 Å². The van der Waals surface area contributed by atoms with E-state index in [0.29, 0.717) is 15.6 Å². The topological polar surface area (TPSA) is 41.6 Å². The Morgan fingerprint density at radius 2 is 1.80 bits per heavy atom. The first-order valence-corrected chi connectivity index (χ1v) is 9.00. The first-order chi connectivity index (χ1) is 12.1. The lowest BCUT2D eigenvalue weighted by Crippen LogP contribution is -2.43. The number of benzene rings is 2. The molecule has 0 bridgehead atoms. The Hall–Kier alpha value is -1.59. The second-order valence-electron chi connectivity index (χ2n) is 5.98. The van der Waals surface area contributed by atoms with Crippen LogP contribution in [0.2, 0.25) is 10.0 Å². The van der Waals surface area contributed by atoms with Crippen LogP contribution in [0, 0.1) is 0 Å². The summed E-state index contributed by atoms with van der Waals surface area (Å²) in [5, 5.41) is 3.93. The Morgan fingerprint density at radius 3 is 2.48 bits per heavy atom. The fourth-order valence-corrected chi connectivity index (χ4v) is 3.14. The molecule has 132 valence electrons. The molecule has 1 aliphatic rings. The van der Waals surface area contributed by atoms with Crippen molar-refractivity contribution >= 4 is 29.1 Å². The zero-order valence-corrected chi connectivity index (χ0v) is 15.3. The van der Waals surface area contributed by atoms with Crippen molar-refractivity contribution in [1.29, 1.82) is 0 Å². The molecule has 25 heavy (non-hydrogen) atoms. The van der Waals surface area contributed by atoms with Gasteiger partial charge in [-0.2, -0.15) is 0 Å². The minimum atomic E-state index is -0.166. The maximum atomic E-state index is 12.7. The van der Waals surface area contributed by atoms with Gasteiger partial charge in [-0.3, -0.25) is 9.69 Å². The molecule has 0 saturated carbocycles. The van der Waals surface area contributed by atoms with Crippen LogP contribution in [0.3, 0.4) is 0 Å². The van der Waals surface area contributed by atoms with E-state index >= 15 is 0 Å². The molecular weight excluding hydrogens is 359 g/mol. The van der Waals surface area contributed by atoms with Crippen LogP contribution in [0.4, 0.5) is 0 Å². The highest BCUT2D eigenvalue weighted by Crippen LogP contribution is 2.23. The highest BCUT2D eigenvalue weighted by atomic mass is 35.5. The Labute approximate surface area is 157 Å². The Balaban J connectivity index is 1.76. The number of carbonyl (C=O) groups excluding carboxylic acids is 1. The molecule has 0 radical (unpaired) electrons. The van der Waals surface area contributed by atoms with Crippen molar-refractivity contribution in [3.8, 4) is 0 Å². The summed E-state index contributed by atoms with van der Waals surface area (Å²) in [4.78, 5) is 15.0. The lowest BCUT2D eigenvalue weighted by atomic mass is 10.1. The molecule has 0 spiro atoms. The molecule has 1 unspecified atom stereocenters. The van der Waals surface area contributed by atoms with Crippen molar-refractivity contribution in [3.05, 3.63) is 69.7 Å². The van der Waals surface area contributed by atoms with Gasteiger partial charge in [0.25, 0.3) is 5.91 Å². The molecule has 4 nitrogen and oxygen atoms in total. The van der Waals surface area contributed by atoms with Crippen molar-refractivity contribution in [3.63, 3.8) is 0 Å². The summed E-state index contributed by atoms with van der Waals surface area (Å²) in [5.41, 5.74) is 1.57. The van der Waals surface area contributed by atoms with E-state index in [9.17, 15) is 4.79 Å². The predicted octanol–water partition coefficient (Wildman–Crippen LogP) is 3.80. The Kier molecular flexibility index (Phi) is 6.32. The van der Waals surface area contributed by atoms with E-state index < -0.39 is 0 Å². The summed E-state index contributed by atoms with van der Waals surface area (Å²) >= 11 is 12.0. The minimum absolute atomic E-state index is 0.110. The zero-order chi connectivity index (χ0) is 17.6. The summed E-state index contributed by atoms with van der Waals surface area (Å²) in [5.74, 6) is -0.166. The molecule has 2 aromatic rings. The van der Waals surface area contributed by atoms with Gasteiger partial charge < -0.3 is 10.1 Å². The first kappa shape index (κ1) is 18.2. The van der Waals surface area contributed by atoms with Gasteiger partial charge in [0.1, 0.15) is 0 Å². The lowest BCUT2D eigenvalue weighted by Gasteiger charge is -2.31. The fourth-order valence-electron chi connectivity index (χ4n) is 2.84. The number of amides is 1. The summed E-state index contributed by atoms with van der Waals surface area (Å²) in [6.07, 6.45) is 0. The SMILES string of the molecule is O=C(NC(CN1CCOCC1)c1ccccc1)c1ccc(Cl)c(Cl)c1. The van der Waals surface area contributed by atoms with E-state index in [0.717, 1.165) is 38.4 Å². The van der Waals surface area contributed by atoms with Crippen LogP contribution in [0.1, 0.15) is 22.0 Å².